The van der Waals surface area contributed by atoms with Gasteiger partial charge in [-0.05, 0) is 25.4 Å². The number of nitrogens with one attached hydrogen (secondary N) is 1. The Bertz CT molecular complexity index is 750. The molecule has 0 bridgehead atoms. The molecule has 0 unspecified atom stereocenters. The Labute approximate surface area is 149 Å². The van der Waals surface area contributed by atoms with Crippen molar-refractivity contribution in [2.45, 2.75) is 13.8 Å². The number of carbonyl (C=O) groups excluding carboxylic acids is 2. The monoisotopic (exact) mass is 364 g/mol. The van der Waals surface area contributed by atoms with Crippen molar-refractivity contribution >= 4 is 23.3 Å². The molecule has 0 aromatic carbocycles. The van der Waals surface area contributed by atoms with Gasteiger partial charge in [-0.25, -0.2) is 0 Å². The van der Waals surface area contributed by atoms with E-state index in [1.165, 1.54) is 0 Å². The van der Waals surface area contributed by atoms with E-state index in [2.05, 4.69) is 25.0 Å². The highest BCUT2D eigenvalue weighted by molar-refractivity contribution is 7.07. The molecule has 2 amide bonds. The first-order valence-electron chi connectivity index (χ1n) is 8.06. The summed E-state index contributed by atoms with van der Waals surface area (Å²) in [5, 5.41) is 10.5. The highest BCUT2D eigenvalue weighted by Gasteiger charge is 2.24. The van der Waals surface area contributed by atoms with Crippen LogP contribution in [0, 0.1) is 13.8 Å². The van der Waals surface area contributed by atoms with Crippen molar-refractivity contribution in [2.24, 2.45) is 0 Å². The van der Waals surface area contributed by atoms with Gasteiger partial charge < -0.3 is 14.7 Å². The molecule has 2 aromatic rings. The highest BCUT2D eigenvalue weighted by Crippen LogP contribution is 2.10. The quantitative estimate of drug-likeness (QED) is 0.815. The SMILES string of the molecule is Cc1cc(C(=O)N2CCN(CCNC(=O)c3snnc3C)CC2)no1. The Balaban J connectivity index is 1.40. The van der Waals surface area contributed by atoms with Crippen LogP contribution in [-0.2, 0) is 0 Å². The van der Waals surface area contributed by atoms with Crippen molar-refractivity contribution in [3.05, 3.63) is 28.1 Å². The second-order valence-electron chi connectivity index (χ2n) is 5.90. The van der Waals surface area contributed by atoms with Crippen molar-refractivity contribution in [3.8, 4) is 0 Å². The summed E-state index contributed by atoms with van der Waals surface area (Å²) >= 11 is 1.10. The molecule has 1 saturated heterocycles. The molecule has 134 valence electrons. The van der Waals surface area contributed by atoms with Gasteiger partial charge in [0.2, 0.25) is 0 Å². The van der Waals surface area contributed by atoms with E-state index in [0.717, 1.165) is 31.2 Å². The van der Waals surface area contributed by atoms with Gasteiger partial charge in [0.05, 0.1) is 5.69 Å². The standard InChI is InChI=1S/C15H20N6O3S/c1-10-9-12(18-24-10)15(23)21-7-5-20(6-8-21)4-3-16-14(22)13-11(2)17-19-25-13/h9H,3-8H2,1-2H3,(H,16,22). The zero-order chi connectivity index (χ0) is 17.8. The summed E-state index contributed by atoms with van der Waals surface area (Å²) < 4.78 is 8.72. The molecule has 1 aliphatic heterocycles. The van der Waals surface area contributed by atoms with Crippen LogP contribution in [-0.4, -0.2) is 75.6 Å². The average Bonchev–Trinajstić information content (AvgIpc) is 3.23. The Morgan fingerprint density at radius 3 is 2.64 bits per heavy atom. The van der Waals surface area contributed by atoms with E-state index >= 15 is 0 Å². The molecule has 25 heavy (non-hydrogen) atoms. The van der Waals surface area contributed by atoms with E-state index in [1.54, 1.807) is 24.8 Å². The third kappa shape index (κ3) is 4.20. The van der Waals surface area contributed by atoms with Crippen LogP contribution in [0.25, 0.3) is 0 Å². The Morgan fingerprint density at radius 1 is 1.28 bits per heavy atom. The molecule has 0 spiro atoms. The number of rotatable bonds is 5. The number of aryl methyl sites for hydroxylation is 2. The third-order valence-electron chi connectivity index (χ3n) is 4.08. The summed E-state index contributed by atoms with van der Waals surface area (Å²) in [5.41, 5.74) is 1.00. The fraction of sp³-hybridized carbons (Fsp3) is 0.533. The molecule has 0 radical (unpaired) electrons. The van der Waals surface area contributed by atoms with Crippen LogP contribution < -0.4 is 5.32 Å². The van der Waals surface area contributed by atoms with Gasteiger partial charge in [-0.1, -0.05) is 9.64 Å². The van der Waals surface area contributed by atoms with Gasteiger partial charge in [0.15, 0.2) is 5.69 Å². The van der Waals surface area contributed by atoms with Crippen LogP contribution in [0.3, 0.4) is 0 Å². The maximum Gasteiger partial charge on any atom is 0.276 e. The molecule has 1 aliphatic rings. The maximum absolute atomic E-state index is 12.3. The Hall–Kier alpha value is -2.33. The van der Waals surface area contributed by atoms with Crippen LogP contribution in [0.5, 0.6) is 0 Å². The fourth-order valence-electron chi connectivity index (χ4n) is 2.65. The Kier molecular flexibility index (Phi) is 5.39. The van der Waals surface area contributed by atoms with E-state index < -0.39 is 0 Å². The molecular weight excluding hydrogens is 344 g/mol. The molecule has 2 aromatic heterocycles. The van der Waals surface area contributed by atoms with Gasteiger partial charge >= 0.3 is 0 Å². The normalized spacial score (nSPS) is 15.4. The largest absolute Gasteiger partial charge is 0.361 e. The summed E-state index contributed by atoms with van der Waals surface area (Å²) in [6.45, 7) is 7.62. The van der Waals surface area contributed by atoms with E-state index in [-0.39, 0.29) is 11.8 Å². The van der Waals surface area contributed by atoms with Gasteiger partial charge in [0, 0.05) is 45.3 Å². The maximum atomic E-state index is 12.3. The smallest absolute Gasteiger partial charge is 0.276 e. The molecule has 10 heteroatoms. The van der Waals surface area contributed by atoms with Crippen LogP contribution in [0.4, 0.5) is 0 Å². The molecule has 0 atom stereocenters. The second kappa shape index (κ2) is 7.70. The topological polar surface area (TPSA) is 104 Å². The predicted molar refractivity (Wildman–Crippen MR) is 90.6 cm³/mol. The van der Waals surface area contributed by atoms with E-state index in [4.69, 9.17) is 4.52 Å². The van der Waals surface area contributed by atoms with Gasteiger partial charge in [-0.2, -0.15) is 0 Å². The molecule has 1 N–H and O–H groups in total. The van der Waals surface area contributed by atoms with E-state index in [0.29, 0.717) is 41.7 Å². The number of nitrogens with zero attached hydrogens (tertiary/aromatic N) is 5. The second-order valence-corrected chi connectivity index (χ2v) is 6.65. The van der Waals surface area contributed by atoms with Gasteiger partial charge in [0.25, 0.3) is 11.8 Å². The van der Waals surface area contributed by atoms with Crippen LogP contribution >= 0.6 is 11.5 Å². The van der Waals surface area contributed by atoms with Crippen molar-refractivity contribution < 1.29 is 14.1 Å². The molecule has 0 saturated carbocycles. The summed E-state index contributed by atoms with van der Waals surface area (Å²) in [4.78, 5) is 28.9. The zero-order valence-electron chi connectivity index (χ0n) is 14.2. The molecule has 3 rings (SSSR count). The van der Waals surface area contributed by atoms with Crippen molar-refractivity contribution in [1.29, 1.82) is 0 Å². The van der Waals surface area contributed by atoms with E-state index in [9.17, 15) is 9.59 Å². The zero-order valence-corrected chi connectivity index (χ0v) is 15.0. The minimum atomic E-state index is -0.136. The molecule has 9 nitrogen and oxygen atoms in total. The molecule has 3 heterocycles. The van der Waals surface area contributed by atoms with Crippen molar-refractivity contribution in [3.63, 3.8) is 0 Å². The molecular formula is C15H20N6O3S. The average molecular weight is 364 g/mol. The number of piperazine rings is 1. The Morgan fingerprint density at radius 2 is 2.04 bits per heavy atom. The summed E-state index contributed by atoms with van der Waals surface area (Å²) in [5.74, 6) is 0.393. The lowest BCUT2D eigenvalue weighted by atomic mass is 10.2. The number of amides is 2. The lowest BCUT2D eigenvalue weighted by Crippen LogP contribution is -2.50. The first-order chi connectivity index (χ1) is 12.0. The van der Waals surface area contributed by atoms with Gasteiger partial charge in [-0.15, -0.1) is 5.10 Å². The third-order valence-corrected chi connectivity index (χ3v) is 4.90. The van der Waals surface area contributed by atoms with Crippen LogP contribution in [0.1, 0.15) is 31.6 Å². The summed E-state index contributed by atoms with van der Waals surface area (Å²) in [6.07, 6.45) is 0. The number of aromatic nitrogens is 3. The number of hydrogen-bond acceptors (Lipinski definition) is 8. The minimum Gasteiger partial charge on any atom is -0.361 e. The van der Waals surface area contributed by atoms with E-state index in [1.807, 2.05) is 0 Å². The van der Waals surface area contributed by atoms with Crippen LogP contribution in [0.15, 0.2) is 10.6 Å². The molecule has 0 aliphatic carbocycles. The lowest BCUT2D eigenvalue weighted by molar-refractivity contribution is 0.0628. The van der Waals surface area contributed by atoms with Crippen molar-refractivity contribution in [1.82, 2.24) is 29.9 Å². The van der Waals surface area contributed by atoms with Crippen molar-refractivity contribution in [2.75, 3.05) is 39.3 Å². The van der Waals surface area contributed by atoms with Gasteiger partial charge in [-0.3, -0.25) is 14.5 Å². The highest BCUT2D eigenvalue weighted by atomic mass is 32.1. The predicted octanol–water partition coefficient (Wildman–Crippen LogP) is 0.331. The molecule has 1 fully saturated rings. The first-order valence-corrected chi connectivity index (χ1v) is 8.84. The summed E-state index contributed by atoms with van der Waals surface area (Å²) in [6, 6.07) is 1.65. The lowest BCUT2D eigenvalue weighted by Gasteiger charge is -2.34. The van der Waals surface area contributed by atoms with Crippen LogP contribution in [0.2, 0.25) is 0 Å². The fourth-order valence-corrected chi connectivity index (χ4v) is 3.22. The minimum absolute atomic E-state index is 0.0991. The number of carbonyl (C=O) groups is 2. The van der Waals surface area contributed by atoms with Gasteiger partial charge in [0.1, 0.15) is 10.6 Å². The number of hydrogen-bond donors (Lipinski definition) is 1. The summed E-state index contributed by atoms with van der Waals surface area (Å²) in [7, 11) is 0. The first kappa shape index (κ1) is 17.5.